The zero-order valence-corrected chi connectivity index (χ0v) is 22.3. The van der Waals surface area contributed by atoms with Gasteiger partial charge in [-0.1, -0.05) is 42.5 Å². The predicted octanol–water partition coefficient (Wildman–Crippen LogP) is 4.75. The van der Waals surface area contributed by atoms with Crippen LogP contribution in [0.2, 0.25) is 0 Å². The summed E-state index contributed by atoms with van der Waals surface area (Å²) < 4.78 is 19.2. The van der Waals surface area contributed by atoms with Crippen LogP contribution in [0.5, 0.6) is 17.2 Å². The number of hydrogen-bond donors (Lipinski definition) is 1. The van der Waals surface area contributed by atoms with Gasteiger partial charge in [0.2, 0.25) is 0 Å². The lowest BCUT2D eigenvalue weighted by Crippen LogP contribution is -2.31. The van der Waals surface area contributed by atoms with E-state index in [1.807, 2.05) is 65.4 Å². The fraction of sp³-hybridized carbons (Fsp3) is 0.219. The number of Topliss-reactive ketones (excluding diaryl/α,β-unsaturated/α-hetero) is 1. The number of ketones is 1. The van der Waals surface area contributed by atoms with E-state index >= 15 is 0 Å². The third-order valence-corrected chi connectivity index (χ3v) is 7.15. The molecular formula is C32H29N3O6. The summed E-state index contributed by atoms with van der Waals surface area (Å²) in [5.74, 6) is -0.0287. The number of imidazole rings is 1. The number of aromatic nitrogens is 2. The largest absolute Gasteiger partial charge is 0.507 e. The van der Waals surface area contributed by atoms with Crippen molar-refractivity contribution in [2.75, 3.05) is 19.8 Å². The van der Waals surface area contributed by atoms with Crippen molar-refractivity contribution in [1.82, 2.24) is 14.5 Å². The molecule has 1 saturated heterocycles. The van der Waals surface area contributed by atoms with Gasteiger partial charge in [0, 0.05) is 31.0 Å². The smallest absolute Gasteiger partial charge is 0.295 e. The van der Waals surface area contributed by atoms with Crippen molar-refractivity contribution in [3.05, 3.63) is 114 Å². The van der Waals surface area contributed by atoms with E-state index in [1.165, 1.54) is 4.90 Å². The summed E-state index contributed by atoms with van der Waals surface area (Å²) in [7, 11) is 0. The van der Waals surface area contributed by atoms with Gasteiger partial charge in [0.1, 0.15) is 31.3 Å². The maximum Gasteiger partial charge on any atom is 0.295 e. The number of carbonyl (C=O) groups excluding carboxylic acids is 2. The summed E-state index contributed by atoms with van der Waals surface area (Å²) in [6, 6.07) is 21.3. The Morgan fingerprint density at radius 3 is 2.59 bits per heavy atom. The number of nitrogens with zero attached hydrogens (tertiary/aromatic N) is 3. The third kappa shape index (κ3) is 5.51. The highest BCUT2D eigenvalue weighted by Gasteiger charge is 2.46. The molecule has 1 amide bonds. The first-order chi connectivity index (χ1) is 20.1. The maximum atomic E-state index is 13.5. The van der Waals surface area contributed by atoms with Crippen LogP contribution in [0.1, 0.15) is 29.2 Å². The van der Waals surface area contributed by atoms with Gasteiger partial charge >= 0.3 is 0 Å². The van der Waals surface area contributed by atoms with Gasteiger partial charge in [-0.2, -0.15) is 0 Å². The number of carbonyl (C=O) groups is 2. The number of likely N-dealkylation sites (tertiary alicyclic amines) is 1. The van der Waals surface area contributed by atoms with Crippen LogP contribution in [0, 0.1) is 0 Å². The van der Waals surface area contributed by atoms with Crippen LogP contribution in [-0.2, 0) is 22.7 Å². The molecule has 3 aromatic carbocycles. The molecule has 1 aromatic heterocycles. The zero-order valence-electron chi connectivity index (χ0n) is 22.3. The fourth-order valence-electron chi connectivity index (χ4n) is 5.16. The maximum absolute atomic E-state index is 13.5. The molecule has 6 rings (SSSR count). The molecule has 2 aliphatic rings. The van der Waals surface area contributed by atoms with Crippen molar-refractivity contribution < 1.29 is 28.9 Å². The molecular weight excluding hydrogens is 522 g/mol. The number of aliphatic hydroxyl groups is 1. The predicted molar refractivity (Wildman–Crippen MR) is 151 cm³/mol. The second-order valence-electron chi connectivity index (χ2n) is 9.85. The molecule has 0 radical (unpaired) electrons. The Morgan fingerprint density at radius 1 is 0.951 bits per heavy atom. The quantitative estimate of drug-likeness (QED) is 0.182. The summed E-state index contributed by atoms with van der Waals surface area (Å²) in [5, 5.41) is 11.5. The minimum absolute atomic E-state index is 0.0227. The first-order valence-corrected chi connectivity index (χ1v) is 13.5. The summed E-state index contributed by atoms with van der Waals surface area (Å²) in [6.45, 7) is 2.12. The monoisotopic (exact) mass is 551 g/mol. The van der Waals surface area contributed by atoms with Crippen molar-refractivity contribution in [3.63, 3.8) is 0 Å². The molecule has 0 bridgehead atoms. The molecule has 3 heterocycles. The van der Waals surface area contributed by atoms with Gasteiger partial charge in [-0.3, -0.25) is 9.59 Å². The van der Waals surface area contributed by atoms with Crippen molar-refractivity contribution in [1.29, 1.82) is 0 Å². The molecule has 1 N–H and O–H groups in total. The van der Waals surface area contributed by atoms with Crippen LogP contribution in [0.3, 0.4) is 0 Å². The van der Waals surface area contributed by atoms with Crippen molar-refractivity contribution in [2.24, 2.45) is 0 Å². The Morgan fingerprint density at radius 2 is 1.78 bits per heavy atom. The van der Waals surface area contributed by atoms with Gasteiger partial charge in [-0.15, -0.1) is 0 Å². The number of ether oxygens (including phenoxy) is 3. The number of aryl methyl sites for hydroxylation is 1. The molecule has 1 atom stereocenters. The van der Waals surface area contributed by atoms with Crippen LogP contribution < -0.4 is 14.2 Å². The van der Waals surface area contributed by atoms with E-state index in [9.17, 15) is 14.7 Å². The van der Waals surface area contributed by atoms with E-state index in [0.717, 1.165) is 5.56 Å². The minimum atomic E-state index is -0.800. The van der Waals surface area contributed by atoms with Crippen LogP contribution in [0.15, 0.2) is 97.1 Å². The van der Waals surface area contributed by atoms with Gasteiger partial charge in [-0.05, 0) is 47.9 Å². The second-order valence-corrected chi connectivity index (χ2v) is 9.85. The molecule has 1 fully saturated rings. The lowest BCUT2D eigenvalue weighted by atomic mass is 9.95. The van der Waals surface area contributed by atoms with E-state index < -0.39 is 17.7 Å². The number of benzene rings is 3. The Labute approximate surface area is 237 Å². The van der Waals surface area contributed by atoms with Crippen LogP contribution in [-0.4, -0.2) is 51.0 Å². The minimum Gasteiger partial charge on any atom is -0.507 e. The summed E-state index contributed by atoms with van der Waals surface area (Å²) in [5.41, 5.74) is 2.07. The highest BCUT2D eigenvalue weighted by Crippen LogP contribution is 2.42. The molecule has 9 heteroatoms. The van der Waals surface area contributed by atoms with Crippen LogP contribution in [0.4, 0.5) is 0 Å². The van der Waals surface area contributed by atoms with Gasteiger partial charge in [0.25, 0.3) is 11.7 Å². The van der Waals surface area contributed by atoms with E-state index in [1.54, 1.807) is 30.7 Å². The highest BCUT2D eigenvalue weighted by molar-refractivity contribution is 6.46. The molecule has 2 aliphatic heterocycles. The van der Waals surface area contributed by atoms with Gasteiger partial charge in [0.05, 0.1) is 17.9 Å². The van der Waals surface area contributed by atoms with E-state index in [4.69, 9.17) is 14.2 Å². The Bertz CT molecular complexity index is 1580. The van der Waals surface area contributed by atoms with Crippen LogP contribution >= 0.6 is 0 Å². The zero-order chi connectivity index (χ0) is 28.2. The highest BCUT2D eigenvalue weighted by atomic mass is 16.6. The SMILES string of the molecule is O=C1C(=O)N(CCCn2ccnc2)C(c2cccc(OCc3ccccc3)c2)/C1=C(/O)c1ccc2c(c1)OCCO2. The Kier molecular flexibility index (Phi) is 7.40. The van der Waals surface area contributed by atoms with E-state index in [-0.39, 0.29) is 11.3 Å². The van der Waals surface area contributed by atoms with E-state index in [2.05, 4.69) is 4.98 Å². The summed E-state index contributed by atoms with van der Waals surface area (Å²) in [6.07, 6.45) is 5.84. The summed E-state index contributed by atoms with van der Waals surface area (Å²) in [4.78, 5) is 32.5. The third-order valence-electron chi connectivity index (χ3n) is 7.15. The lowest BCUT2D eigenvalue weighted by molar-refractivity contribution is -0.139. The topological polar surface area (TPSA) is 103 Å². The van der Waals surface area contributed by atoms with E-state index in [0.29, 0.717) is 67.7 Å². The van der Waals surface area contributed by atoms with Gasteiger partial charge in [-0.25, -0.2) is 4.98 Å². The fourth-order valence-corrected chi connectivity index (χ4v) is 5.16. The average molecular weight is 552 g/mol. The standard InChI is InChI=1S/C32H29N3O6/c36-30(24-10-11-26-27(19-24)40-17-16-39-26)28-29(35(32(38)31(28)37)14-5-13-34-15-12-33-21-34)23-8-4-9-25(18-23)41-20-22-6-2-1-3-7-22/h1-4,6-12,15,18-19,21,29,36H,5,13-14,16-17,20H2/b30-28-. The van der Waals surface area contributed by atoms with Crippen LogP contribution in [0.25, 0.3) is 5.76 Å². The molecule has 0 aliphatic carbocycles. The number of fused-ring (bicyclic) bond motifs is 1. The number of hydrogen-bond acceptors (Lipinski definition) is 7. The molecule has 41 heavy (non-hydrogen) atoms. The second kappa shape index (κ2) is 11.6. The van der Waals surface area contributed by atoms with Crippen molar-refractivity contribution >= 4 is 17.4 Å². The molecule has 4 aromatic rings. The molecule has 208 valence electrons. The molecule has 0 spiro atoms. The normalized spacial score (nSPS) is 17.6. The average Bonchev–Trinajstić information content (AvgIpc) is 3.62. The number of rotatable bonds is 9. The molecule has 9 nitrogen and oxygen atoms in total. The number of amides is 1. The first-order valence-electron chi connectivity index (χ1n) is 13.5. The first kappa shape index (κ1) is 26.2. The molecule has 1 unspecified atom stereocenters. The van der Waals surface area contributed by atoms with Gasteiger partial charge < -0.3 is 28.8 Å². The number of aliphatic hydroxyl groups excluding tert-OH is 1. The summed E-state index contributed by atoms with van der Waals surface area (Å²) >= 11 is 0. The van der Waals surface area contributed by atoms with Crippen molar-refractivity contribution in [3.8, 4) is 17.2 Å². The Balaban J connectivity index is 1.35. The van der Waals surface area contributed by atoms with Crippen molar-refractivity contribution in [2.45, 2.75) is 25.6 Å². The molecule has 0 saturated carbocycles. The Hall–Kier alpha value is -5.05. The lowest BCUT2D eigenvalue weighted by Gasteiger charge is -2.26. The van der Waals surface area contributed by atoms with Gasteiger partial charge in [0.15, 0.2) is 11.5 Å².